The van der Waals surface area contributed by atoms with Crippen molar-refractivity contribution in [3.8, 4) is 0 Å². The van der Waals surface area contributed by atoms with E-state index < -0.39 is 0 Å². The molecule has 0 aliphatic carbocycles. The molecule has 5 heteroatoms. The van der Waals surface area contributed by atoms with E-state index in [1.54, 1.807) is 11.3 Å². The van der Waals surface area contributed by atoms with Crippen LogP contribution >= 0.6 is 11.3 Å². The maximum absolute atomic E-state index is 4.34. The highest BCUT2D eigenvalue weighted by Crippen LogP contribution is 2.11. The van der Waals surface area contributed by atoms with Crippen LogP contribution in [0.25, 0.3) is 0 Å². The molecular formula is C9H12N4S. The van der Waals surface area contributed by atoms with Gasteiger partial charge in [-0.25, -0.2) is 9.97 Å². The minimum atomic E-state index is 0.778. The number of thiazole rings is 1. The average Bonchev–Trinajstić information content (AvgIpc) is 2.76. The second-order valence-corrected chi connectivity index (χ2v) is 3.78. The molecule has 2 rings (SSSR count). The molecule has 0 saturated heterocycles. The van der Waals surface area contributed by atoms with Crippen molar-refractivity contribution >= 4 is 17.3 Å². The van der Waals surface area contributed by atoms with Crippen molar-refractivity contribution in [2.75, 3.05) is 12.4 Å². The van der Waals surface area contributed by atoms with Crippen LogP contribution in [0, 0.1) is 6.92 Å². The molecule has 0 aliphatic heterocycles. The number of aromatic nitrogens is 3. The summed E-state index contributed by atoms with van der Waals surface area (Å²) in [5.41, 5.74) is 3.94. The quantitative estimate of drug-likeness (QED) is 0.835. The van der Waals surface area contributed by atoms with Gasteiger partial charge in [-0.2, -0.15) is 0 Å². The summed E-state index contributed by atoms with van der Waals surface area (Å²) in [4.78, 5) is 8.58. The van der Waals surface area contributed by atoms with Crippen molar-refractivity contribution in [3.63, 3.8) is 0 Å². The Morgan fingerprint density at radius 3 is 3.07 bits per heavy atom. The first kappa shape index (κ1) is 9.21. The lowest BCUT2D eigenvalue weighted by atomic mass is 10.5. The molecule has 0 amide bonds. The highest BCUT2D eigenvalue weighted by molar-refractivity contribution is 7.07. The van der Waals surface area contributed by atoms with E-state index in [2.05, 4.69) is 25.2 Å². The second-order valence-electron chi connectivity index (χ2n) is 3.06. The van der Waals surface area contributed by atoms with Gasteiger partial charge < -0.3 is 9.88 Å². The number of hydrogen-bond donors (Lipinski definition) is 1. The number of anilines is 1. The van der Waals surface area contributed by atoms with Crippen LogP contribution in [0.15, 0.2) is 17.1 Å². The molecule has 0 fully saturated rings. The van der Waals surface area contributed by atoms with Gasteiger partial charge in [0, 0.05) is 18.6 Å². The predicted octanol–water partition coefficient (Wildman–Crippen LogP) is 1.74. The smallest absolute Gasteiger partial charge is 0.203 e. The van der Waals surface area contributed by atoms with E-state index in [9.17, 15) is 0 Å². The summed E-state index contributed by atoms with van der Waals surface area (Å²) in [6.45, 7) is 2.76. The molecule has 1 N–H and O–H groups in total. The lowest BCUT2D eigenvalue weighted by Gasteiger charge is -2.03. The zero-order chi connectivity index (χ0) is 9.97. The van der Waals surface area contributed by atoms with E-state index >= 15 is 0 Å². The van der Waals surface area contributed by atoms with Crippen LogP contribution < -0.4 is 5.32 Å². The van der Waals surface area contributed by atoms with Gasteiger partial charge in [0.25, 0.3) is 0 Å². The highest BCUT2D eigenvalue weighted by atomic mass is 32.1. The molecule has 4 nitrogen and oxygen atoms in total. The third kappa shape index (κ3) is 1.77. The van der Waals surface area contributed by atoms with Gasteiger partial charge in [-0.1, -0.05) is 0 Å². The molecule has 2 aromatic rings. The summed E-state index contributed by atoms with van der Waals surface area (Å²) >= 11 is 1.61. The Bertz CT molecular complexity index is 404. The Kier molecular flexibility index (Phi) is 2.49. The molecule has 2 aromatic heterocycles. The minimum absolute atomic E-state index is 0.778. The van der Waals surface area contributed by atoms with Gasteiger partial charge in [0.15, 0.2) is 0 Å². The molecule has 14 heavy (non-hydrogen) atoms. The van der Waals surface area contributed by atoms with Crippen molar-refractivity contribution < 1.29 is 0 Å². The fourth-order valence-electron chi connectivity index (χ4n) is 1.36. The summed E-state index contributed by atoms with van der Waals surface area (Å²) in [6, 6.07) is 0. The number of hydrogen-bond acceptors (Lipinski definition) is 4. The molecule has 0 aromatic carbocycles. The lowest BCUT2D eigenvalue weighted by Crippen LogP contribution is -2.04. The zero-order valence-corrected chi connectivity index (χ0v) is 9.01. The van der Waals surface area contributed by atoms with Crippen molar-refractivity contribution in [1.82, 2.24) is 14.5 Å². The number of nitrogens with one attached hydrogen (secondary N) is 1. The normalized spacial score (nSPS) is 10.4. The van der Waals surface area contributed by atoms with Gasteiger partial charge in [0.1, 0.15) is 0 Å². The lowest BCUT2D eigenvalue weighted by molar-refractivity contribution is 0.786. The van der Waals surface area contributed by atoms with Gasteiger partial charge in [-0.3, -0.25) is 0 Å². The van der Waals surface area contributed by atoms with Gasteiger partial charge >= 0.3 is 0 Å². The van der Waals surface area contributed by atoms with E-state index in [1.165, 1.54) is 0 Å². The molecule has 0 aliphatic rings. The number of rotatable bonds is 3. The molecule has 0 bridgehead atoms. The fourth-order valence-corrected chi connectivity index (χ4v) is 1.91. The molecule has 0 spiro atoms. The van der Waals surface area contributed by atoms with Crippen LogP contribution in [0.2, 0.25) is 0 Å². The van der Waals surface area contributed by atoms with Crippen molar-refractivity contribution in [2.24, 2.45) is 0 Å². The van der Waals surface area contributed by atoms with Crippen LogP contribution in [0.3, 0.4) is 0 Å². The van der Waals surface area contributed by atoms with Crippen molar-refractivity contribution in [2.45, 2.75) is 13.5 Å². The van der Waals surface area contributed by atoms with Gasteiger partial charge in [-0.05, 0) is 6.92 Å². The third-order valence-electron chi connectivity index (χ3n) is 1.94. The van der Waals surface area contributed by atoms with Gasteiger partial charge in [-0.15, -0.1) is 11.3 Å². The number of imidazole rings is 1. The van der Waals surface area contributed by atoms with Crippen LogP contribution in [0.4, 0.5) is 5.95 Å². The first-order valence-electron chi connectivity index (χ1n) is 4.38. The summed E-state index contributed by atoms with van der Waals surface area (Å²) in [5, 5.41) is 5.11. The molecule has 0 radical (unpaired) electrons. The van der Waals surface area contributed by atoms with Crippen molar-refractivity contribution in [3.05, 3.63) is 28.5 Å². The highest BCUT2D eigenvalue weighted by Gasteiger charge is 2.04. The predicted molar refractivity (Wildman–Crippen MR) is 57.7 cm³/mol. The maximum atomic E-state index is 4.34. The molecule has 0 unspecified atom stereocenters. The Morgan fingerprint density at radius 1 is 1.57 bits per heavy atom. The van der Waals surface area contributed by atoms with Crippen LogP contribution in [-0.2, 0) is 6.54 Å². The third-order valence-corrected chi connectivity index (χ3v) is 2.57. The van der Waals surface area contributed by atoms with E-state index in [1.807, 2.05) is 25.7 Å². The Hall–Kier alpha value is -1.36. The fraction of sp³-hybridized carbons (Fsp3) is 0.333. The maximum Gasteiger partial charge on any atom is 0.203 e. The minimum Gasteiger partial charge on any atom is -0.359 e. The van der Waals surface area contributed by atoms with Gasteiger partial charge in [0.2, 0.25) is 5.95 Å². The molecule has 2 heterocycles. The molecular weight excluding hydrogens is 196 g/mol. The number of aryl methyl sites for hydroxylation is 1. The summed E-state index contributed by atoms with van der Waals surface area (Å²) in [5.74, 6) is 0.885. The Labute approximate surface area is 86.6 Å². The van der Waals surface area contributed by atoms with E-state index in [0.717, 1.165) is 23.9 Å². The van der Waals surface area contributed by atoms with Crippen LogP contribution in [0.5, 0.6) is 0 Å². The average molecular weight is 208 g/mol. The second kappa shape index (κ2) is 3.79. The largest absolute Gasteiger partial charge is 0.359 e. The van der Waals surface area contributed by atoms with Crippen LogP contribution in [0.1, 0.15) is 11.4 Å². The molecule has 0 saturated carbocycles. The molecule has 0 atom stereocenters. The SMILES string of the molecule is CNc1nc(C)cn1Cc1cscn1. The summed E-state index contributed by atoms with van der Waals surface area (Å²) in [6.07, 6.45) is 2.02. The van der Waals surface area contributed by atoms with E-state index in [4.69, 9.17) is 0 Å². The zero-order valence-electron chi connectivity index (χ0n) is 8.19. The van der Waals surface area contributed by atoms with E-state index in [0.29, 0.717) is 0 Å². The standard InChI is InChI=1S/C9H12N4S/c1-7-3-13(9(10-2)12-7)4-8-5-14-6-11-8/h3,5-6H,4H2,1-2H3,(H,10,12). The summed E-state index contributed by atoms with van der Waals surface area (Å²) in [7, 11) is 1.87. The van der Waals surface area contributed by atoms with E-state index in [-0.39, 0.29) is 0 Å². The summed E-state index contributed by atoms with van der Waals surface area (Å²) < 4.78 is 2.06. The van der Waals surface area contributed by atoms with Crippen molar-refractivity contribution in [1.29, 1.82) is 0 Å². The number of nitrogens with zero attached hydrogens (tertiary/aromatic N) is 3. The molecule has 74 valence electrons. The van der Waals surface area contributed by atoms with Gasteiger partial charge in [0.05, 0.1) is 23.4 Å². The Balaban J connectivity index is 2.23. The Morgan fingerprint density at radius 2 is 2.43 bits per heavy atom. The monoisotopic (exact) mass is 208 g/mol. The van der Waals surface area contributed by atoms with Crippen LogP contribution in [-0.4, -0.2) is 21.6 Å². The topological polar surface area (TPSA) is 42.7 Å². The first-order valence-corrected chi connectivity index (χ1v) is 5.32. The first-order chi connectivity index (χ1) is 6.79.